The first-order chi connectivity index (χ1) is 6.74. The first-order valence-corrected chi connectivity index (χ1v) is 4.78. The number of aromatic nitrogens is 1. The summed E-state index contributed by atoms with van der Waals surface area (Å²) in [6, 6.07) is 3.49. The van der Waals surface area contributed by atoms with Gasteiger partial charge in [0.25, 0.3) is 0 Å². The Balaban J connectivity index is 2.42. The monoisotopic (exact) mass is 195 g/mol. The molecule has 1 atom stereocenters. The van der Waals surface area contributed by atoms with E-state index < -0.39 is 5.97 Å². The Morgan fingerprint density at radius 3 is 3.14 bits per heavy atom. The van der Waals surface area contributed by atoms with E-state index >= 15 is 0 Å². The molecule has 1 aromatic heterocycles. The molecule has 76 valence electrons. The van der Waals surface area contributed by atoms with Crippen LogP contribution < -0.4 is 0 Å². The average molecular weight is 195 g/mol. The quantitative estimate of drug-likeness (QED) is 0.780. The maximum atomic E-state index is 10.9. The van der Waals surface area contributed by atoms with Crippen LogP contribution in [-0.4, -0.2) is 22.2 Å². The number of carbonyl (C=O) groups is 1. The van der Waals surface area contributed by atoms with E-state index in [1.165, 1.54) is 0 Å². The van der Waals surface area contributed by atoms with Gasteiger partial charge in [0.2, 0.25) is 0 Å². The van der Waals surface area contributed by atoms with Gasteiger partial charge in [0.15, 0.2) is 0 Å². The topological polar surface area (TPSA) is 51.5 Å². The molecule has 2 heterocycles. The summed E-state index contributed by atoms with van der Waals surface area (Å²) in [5.41, 5.74) is 1.35. The molecule has 4 nitrogen and oxygen atoms in total. The van der Waals surface area contributed by atoms with Crippen molar-refractivity contribution in [3.63, 3.8) is 0 Å². The minimum absolute atomic E-state index is 0.0526. The molecule has 1 aliphatic rings. The number of hydrogen-bond acceptors (Lipinski definition) is 2. The lowest BCUT2D eigenvalue weighted by Gasteiger charge is -2.25. The minimum Gasteiger partial charge on any atom is -0.477 e. The van der Waals surface area contributed by atoms with E-state index in [1.807, 2.05) is 17.6 Å². The maximum absolute atomic E-state index is 10.9. The molecule has 4 heteroatoms. The predicted molar refractivity (Wildman–Crippen MR) is 50.4 cm³/mol. The van der Waals surface area contributed by atoms with Crippen molar-refractivity contribution in [2.75, 3.05) is 6.61 Å². The lowest BCUT2D eigenvalue weighted by Crippen LogP contribution is -2.23. The summed E-state index contributed by atoms with van der Waals surface area (Å²) in [4.78, 5) is 10.9. The second kappa shape index (κ2) is 3.46. The molecular formula is C10H13NO3. The third-order valence-electron chi connectivity index (χ3n) is 2.57. The molecule has 0 aromatic carbocycles. The number of aromatic carboxylic acids is 1. The van der Waals surface area contributed by atoms with Crippen molar-refractivity contribution in [1.29, 1.82) is 0 Å². The lowest BCUT2D eigenvalue weighted by molar-refractivity contribution is 0.0169. The minimum atomic E-state index is -0.868. The summed E-state index contributed by atoms with van der Waals surface area (Å²) >= 11 is 0. The van der Waals surface area contributed by atoms with Crippen LogP contribution in [0.2, 0.25) is 0 Å². The van der Waals surface area contributed by atoms with Gasteiger partial charge in [0.1, 0.15) is 5.69 Å². The van der Waals surface area contributed by atoms with Crippen molar-refractivity contribution in [2.24, 2.45) is 0 Å². The molecule has 0 aliphatic carbocycles. The van der Waals surface area contributed by atoms with Gasteiger partial charge in [0.05, 0.1) is 12.7 Å². The Bertz CT molecular complexity index is 356. The van der Waals surface area contributed by atoms with Crippen LogP contribution in [0, 0.1) is 0 Å². The molecule has 0 saturated carbocycles. The van der Waals surface area contributed by atoms with Crippen LogP contribution >= 0.6 is 0 Å². The molecule has 0 saturated heterocycles. The van der Waals surface area contributed by atoms with Gasteiger partial charge in [0, 0.05) is 12.2 Å². The van der Waals surface area contributed by atoms with Crippen molar-refractivity contribution in [3.8, 4) is 0 Å². The highest BCUT2D eigenvalue weighted by Crippen LogP contribution is 2.27. The molecule has 0 amide bonds. The fraction of sp³-hybridized carbons (Fsp3) is 0.500. The molecule has 14 heavy (non-hydrogen) atoms. The fourth-order valence-electron chi connectivity index (χ4n) is 1.90. The van der Waals surface area contributed by atoms with E-state index in [4.69, 9.17) is 9.84 Å². The smallest absolute Gasteiger partial charge is 0.352 e. The van der Waals surface area contributed by atoms with Gasteiger partial charge < -0.3 is 14.4 Å². The lowest BCUT2D eigenvalue weighted by atomic mass is 10.2. The zero-order chi connectivity index (χ0) is 10.1. The molecular weight excluding hydrogens is 182 g/mol. The first-order valence-electron chi connectivity index (χ1n) is 4.78. The van der Waals surface area contributed by atoms with E-state index in [1.54, 1.807) is 6.07 Å². The molecule has 1 aliphatic heterocycles. The highest BCUT2D eigenvalue weighted by atomic mass is 16.5. The van der Waals surface area contributed by atoms with Gasteiger partial charge in [-0.1, -0.05) is 6.92 Å². The molecule has 0 radical (unpaired) electrons. The Labute approximate surface area is 82.1 Å². The summed E-state index contributed by atoms with van der Waals surface area (Å²) < 4.78 is 7.37. The number of rotatable bonds is 2. The molecule has 1 N–H and O–H groups in total. The Morgan fingerprint density at radius 2 is 2.50 bits per heavy atom. The summed E-state index contributed by atoms with van der Waals surface area (Å²) in [6.45, 7) is 3.27. The van der Waals surface area contributed by atoms with Crippen molar-refractivity contribution in [3.05, 3.63) is 23.5 Å². The van der Waals surface area contributed by atoms with Crippen LogP contribution in [0.4, 0.5) is 0 Å². The van der Waals surface area contributed by atoms with E-state index in [9.17, 15) is 4.79 Å². The second-order valence-corrected chi connectivity index (χ2v) is 3.37. The average Bonchev–Trinajstić information content (AvgIpc) is 2.60. The van der Waals surface area contributed by atoms with Crippen LogP contribution in [0.15, 0.2) is 12.1 Å². The Hall–Kier alpha value is -1.29. The van der Waals surface area contributed by atoms with E-state index in [0.717, 1.165) is 12.1 Å². The van der Waals surface area contributed by atoms with Gasteiger partial charge >= 0.3 is 5.97 Å². The zero-order valence-electron chi connectivity index (χ0n) is 8.06. The highest BCUT2D eigenvalue weighted by molar-refractivity contribution is 5.86. The molecule has 1 unspecified atom stereocenters. The summed E-state index contributed by atoms with van der Waals surface area (Å²) in [5.74, 6) is -0.868. The third kappa shape index (κ3) is 1.32. The normalized spacial score (nSPS) is 20.5. The van der Waals surface area contributed by atoms with E-state index in [2.05, 4.69) is 0 Å². The van der Waals surface area contributed by atoms with E-state index in [-0.39, 0.29) is 6.10 Å². The van der Waals surface area contributed by atoms with Crippen LogP contribution in [0.3, 0.4) is 0 Å². The van der Waals surface area contributed by atoms with Crippen LogP contribution in [0.25, 0.3) is 0 Å². The number of fused-ring (bicyclic) bond motifs is 1. The summed E-state index contributed by atoms with van der Waals surface area (Å²) in [7, 11) is 0. The van der Waals surface area contributed by atoms with Gasteiger partial charge in [-0.15, -0.1) is 0 Å². The molecule has 2 rings (SSSR count). The van der Waals surface area contributed by atoms with Crippen molar-refractivity contribution in [1.82, 2.24) is 4.57 Å². The van der Waals surface area contributed by atoms with Crippen LogP contribution in [0.1, 0.15) is 35.6 Å². The highest BCUT2D eigenvalue weighted by Gasteiger charge is 2.23. The van der Waals surface area contributed by atoms with Crippen molar-refractivity contribution >= 4 is 5.97 Å². The first kappa shape index (κ1) is 9.27. The standard InChI is InChI=1S/C10H13NO3/c1-2-9-7-3-4-8(10(12)13)11(7)5-6-14-9/h3-4,9H,2,5-6H2,1H3,(H,12,13). The second-order valence-electron chi connectivity index (χ2n) is 3.37. The van der Waals surface area contributed by atoms with Gasteiger partial charge in [-0.3, -0.25) is 0 Å². The number of nitrogens with zero attached hydrogens (tertiary/aromatic N) is 1. The molecule has 0 spiro atoms. The van der Waals surface area contributed by atoms with E-state index in [0.29, 0.717) is 18.8 Å². The maximum Gasteiger partial charge on any atom is 0.352 e. The molecule has 1 aromatic rings. The predicted octanol–water partition coefficient (Wildman–Crippen LogP) is 1.67. The fourth-order valence-corrected chi connectivity index (χ4v) is 1.90. The summed E-state index contributed by atoms with van der Waals surface area (Å²) in [5, 5.41) is 8.93. The van der Waals surface area contributed by atoms with Gasteiger partial charge in [-0.2, -0.15) is 0 Å². The number of hydrogen-bond donors (Lipinski definition) is 1. The number of ether oxygens (including phenoxy) is 1. The number of carboxylic acids is 1. The number of carboxylic acid groups (broad SMARTS) is 1. The largest absolute Gasteiger partial charge is 0.477 e. The van der Waals surface area contributed by atoms with Crippen LogP contribution in [0.5, 0.6) is 0 Å². The molecule has 0 bridgehead atoms. The SMILES string of the molecule is CCC1OCCn2c(C(=O)O)ccc21. The zero-order valence-corrected chi connectivity index (χ0v) is 8.06. The van der Waals surface area contributed by atoms with Crippen molar-refractivity contribution in [2.45, 2.75) is 26.0 Å². The molecule has 0 fully saturated rings. The van der Waals surface area contributed by atoms with Gasteiger partial charge in [-0.25, -0.2) is 4.79 Å². The Kier molecular flexibility index (Phi) is 2.29. The third-order valence-corrected chi connectivity index (χ3v) is 2.57. The summed E-state index contributed by atoms with van der Waals surface area (Å²) in [6.07, 6.45) is 0.931. The Morgan fingerprint density at radius 1 is 1.71 bits per heavy atom. The van der Waals surface area contributed by atoms with Crippen molar-refractivity contribution < 1.29 is 14.6 Å². The van der Waals surface area contributed by atoms with Gasteiger partial charge in [-0.05, 0) is 18.6 Å². The van der Waals surface area contributed by atoms with Crippen LogP contribution in [-0.2, 0) is 11.3 Å².